The van der Waals surface area contributed by atoms with Gasteiger partial charge in [-0.3, -0.25) is 4.79 Å². The van der Waals surface area contributed by atoms with Gasteiger partial charge in [0.2, 0.25) is 0 Å². The molecule has 3 fully saturated rings. The van der Waals surface area contributed by atoms with Crippen LogP contribution in [0.3, 0.4) is 0 Å². The van der Waals surface area contributed by atoms with Crippen molar-refractivity contribution in [2.45, 2.75) is 39.2 Å². The van der Waals surface area contributed by atoms with Crippen LogP contribution in [0.5, 0.6) is 0 Å². The lowest BCUT2D eigenvalue weighted by Gasteiger charge is -2.42. The Bertz CT molecular complexity index is 455. The SMILES string of the molecule is C=C1C(=O)O[C@H]2C[C@@H](C)[C@@H]3CC(=O)OC[C@]3(C)C[C@H]12. The van der Waals surface area contributed by atoms with Gasteiger partial charge in [-0.1, -0.05) is 20.4 Å². The zero-order valence-corrected chi connectivity index (χ0v) is 11.5. The second kappa shape index (κ2) is 4.09. The maximum atomic E-state index is 11.7. The first-order chi connectivity index (χ1) is 8.90. The van der Waals surface area contributed by atoms with E-state index in [4.69, 9.17) is 9.47 Å². The molecule has 19 heavy (non-hydrogen) atoms. The molecule has 3 aliphatic rings. The van der Waals surface area contributed by atoms with Crippen LogP contribution in [0, 0.1) is 23.2 Å². The normalized spacial score (nSPS) is 45.9. The van der Waals surface area contributed by atoms with Crippen LogP contribution in [-0.4, -0.2) is 24.6 Å². The van der Waals surface area contributed by atoms with Gasteiger partial charge in [-0.2, -0.15) is 0 Å². The molecule has 0 bridgehead atoms. The summed E-state index contributed by atoms with van der Waals surface area (Å²) in [4.78, 5) is 23.2. The summed E-state index contributed by atoms with van der Waals surface area (Å²) < 4.78 is 10.7. The molecule has 0 aromatic heterocycles. The minimum Gasteiger partial charge on any atom is -0.465 e. The summed E-state index contributed by atoms with van der Waals surface area (Å²) in [6.07, 6.45) is 2.07. The Morgan fingerprint density at radius 3 is 2.84 bits per heavy atom. The van der Waals surface area contributed by atoms with Crippen LogP contribution >= 0.6 is 0 Å². The van der Waals surface area contributed by atoms with E-state index < -0.39 is 0 Å². The summed E-state index contributed by atoms with van der Waals surface area (Å²) in [5, 5.41) is 0. The molecule has 0 N–H and O–H groups in total. The van der Waals surface area contributed by atoms with Gasteiger partial charge in [0.15, 0.2) is 0 Å². The number of hydrogen-bond donors (Lipinski definition) is 0. The molecule has 1 aliphatic carbocycles. The summed E-state index contributed by atoms with van der Waals surface area (Å²) in [5.74, 6) is 0.397. The number of fused-ring (bicyclic) bond motifs is 2. The van der Waals surface area contributed by atoms with E-state index in [1.54, 1.807) is 0 Å². The van der Waals surface area contributed by atoms with E-state index in [2.05, 4.69) is 20.4 Å². The fraction of sp³-hybridized carbons (Fsp3) is 0.733. The molecule has 0 radical (unpaired) electrons. The monoisotopic (exact) mass is 264 g/mol. The molecule has 4 nitrogen and oxygen atoms in total. The van der Waals surface area contributed by atoms with Gasteiger partial charge in [0.1, 0.15) is 6.10 Å². The number of carbonyl (C=O) groups excluding carboxylic acids is 2. The van der Waals surface area contributed by atoms with Crippen LogP contribution in [0.1, 0.15) is 33.1 Å². The van der Waals surface area contributed by atoms with Crippen LogP contribution < -0.4 is 0 Å². The third-order valence-electron chi connectivity index (χ3n) is 5.24. The minimum atomic E-state index is -0.253. The van der Waals surface area contributed by atoms with Gasteiger partial charge >= 0.3 is 11.9 Å². The van der Waals surface area contributed by atoms with Crippen molar-refractivity contribution < 1.29 is 19.1 Å². The lowest BCUT2D eigenvalue weighted by Crippen LogP contribution is -2.42. The van der Waals surface area contributed by atoms with Crippen molar-refractivity contribution in [1.82, 2.24) is 0 Å². The van der Waals surface area contributed by atoms with E-state index in [1.807, 2.05) is 0 Å². The molecule has 3 rings (SSSR count). The number of cyclic esters (lactones) is 1. The number of ether oxygens (including phenoxy) is 2. The molecule has 2 saturated heterocycles. The van der Waals surface area contributed by atoms with E-state index in [1.165, 1.54) is 0 Å². The maximum Gasteiger partial charge on any atom is 0.334 e. The standard InChI is InChI=1S/C15H20O4/c1-8-4-12-10(9(2)14(17)19-12)6-15(3)7-18-13(16)5-11(8)15/h8,10-12H,2,4-7H2,1,3H3/t8-,10-,11+,12+,15+/m1/s1. The van der Waals surface area contributed by atoms with E-state index in [0.29, 0.717) is 30.4 Å². The fourth-order valence-electron chi connectivity index (χ4n) is 4.11. The van der Waals surface area contributed by atoms with Gasteiger partial charge in [-0.15, -0.1) is 0 Å². The highest BCUT2D eigenvalue weighted by Crippen LogP contribution is 2.52. The number of rotatable bonds is 0. The summed E-state index contributed by atoms with van der Waals surface area (Å²) in [5.41, 5.74) is 0.528. The predicted octanol–water partition coefficient (Wildman–Crippen LogP) is 2.08. The number of hydrogen-bond acceptors (Lipinski definition) is 4. The predicted molar refractivity (Wildman–Crippen MR) is 68.1 cm³/mol. The lowest BCUT2D eigenvalue weighted by molar-refractivity contribution is -0.162. The van der Waals surface area contributed by atoms with Crippen LogP contribution in [0.15, 0.2) is 12.2 Å². The van der Waals surface area contributed by atoms with Gasteiger partial charge in [0.05, 0.1) is 6.61 Å². The molecule has 5 atom stereocenters. The number of carbonyl (C=O) groups is 2. The maximum absolute atomic E-state index is 11.7. The molecule has 0 spiro atoms. The summed E-state index contributed by atoms with van der Waals surface area (Å²) in [6.45, 7) is 8.65. The van der Waals surface area contributed by atoms with Crippen molar-refractivity contribution in [2.24, 2.45) is 23.2 Å². The van der Waals surface area contributed by atoms with Crippen molar-refractivity contribution in [3.05, 3.63) is 12.2 Å². The second-order valence-electron chi connectivity index (χ2n) is 6.62. The Morgan fingerprint density at radius 2 is 2.11 bits per heavy atom. The highest BCUT2D eigenvalue weighted by atomic mass is 16.6. The first-order valence-corrected chi connectivity index (χ1v) is 6.96. The molecule has 1 saturated carbocycles. The van der Waals surface area contributed by atoms with E-state index in [-0.39, 0.29) is 29.4 Å². The Labute approximate surface area is 113 Å². The largest absolute Gasteiger partial charge is 0.465 e. The molecule has 0 amide bonds. The van der Waals surface area contributed by atoms with Crippen LogP contribution in [-0.2, 0) is 19.1 Å². The van der Waals surface area contributed by atoms with Crippen molar-refractivity contribution in [2.75, 3.05) is 6.61 Å². The molecule has 0 aromatic rings. The van der Waals surface area contributed by atoms with Crippen molar-refractivity contribution in [1.29, 1.82) is 0 Å². The van der Waals surface area contributed by atoms with Gasteiger partial charge in [-0.05, 0) is 24.7 Å². The third-order valence-corrected chi connectivity index (χ3v) is 5.24. The quantitative estimate of drug-likeness (QED) is 0.496. The minimum absolute atomic E-state index is 0.0625. The van der Waals surface area contributed by atoms with Crippen LogP contribution in [0.2, 0.25) is 0 Å². The van der Waals surface area contributed by atoms with Crippen molar-refractivity contribution >= 4 is 11.9 Å². The summed E-state index contributed by atoms with van der Waals surface area (Å²) >= 11 is 0. The van der Waals surface area contributed by atoms with E-state index in [0.717, 1.165) is 12.8 Å². The first kappa shape index (κ1) is 12.7. The van der Waals surface area contributed by atoms with Crippen molar-refractivity contribution in [3.8, 4) is 0 Å². The lowest BCUT2D eigenvalue weighted by atomic mass is 9.66. The highest BCUT2D eigenvalue weighted by Gasteiger charge is 2.52. The highest BCUT2D eigenvalue weighted by molar-refractivity contribution is 5.90. The number of esters is 2. The van der Waals surface area contributed by atoms with Gasteiger partial charge in [0, 0.05) is 23.3 Å². The topological polar surface area (TPSA) is 52.6 Å². The van der Waals surface area contributed by atoms with Gasteiger partial charge < -0.3 is 9.47 Å². The fourth-order valence-corrected chi connectivity index (χ4v) is 4.11. The van der Waals surface area contributed by atoms with Crippen LogP contribution in [0.4, 0.5) is 0 Å². The summed E-state index contributed by atoms with van der Waals surface area (Å²) in [7, 11) is 0. The van der Waals surface area contributed by atoms with E-state index in [9.17, 15) is 9.59 Å². The van der Waals surface area contributed by atoms with E-state index >= 15 is 0 Å². The molecular weight excluding hydrogens is 244 g/mol. The zero-order chi connectivity index (χ0) is 13.8. The average Bonchev–Trinajstić information content (AvgIpc) is 2.54. The van der Waals surface area contributed by atoms with Crippen molar-refractivity contribution in [3.63, 3.8) is 0 Å². The van der Waals surface area contributed by atoms with Crippen LogP contribution in [0.25, 0.3) is 0 Å². The average molecular weight is 264 g/mol. The molecular formula is C15H20O4. The molecule has 0 unspecified atom stereocenters. The Hall–Kier alpha value is -1.32. The molecule has 2 heterocycles. The summed E-state index contributed by atoms with van der Waals surface area (Å²) in [6, 6.07) is 0. The molecule has 0 aromatic carbocycles. The van der Waals surface area contributed by atoms with Gasteiger partial charge in [0.25, 0.3) is 0 Å². The van der Waals surface area contributed by atoms with Gasteiger partial charge in [-0.25, -0.2) is 4.79 Å². The third kappa shape index (κ3) is 1.88. The second-order valence-corrected chi connectivity index (χ2v) is 6.62. The smallest absolute Gasteiger partial charge is 0.334 e. The molecule has 4 heteroatoms. The first-order valence-electron chi connectivity index (χ1n) is 6.96. The molecule has 104 valence electrons. The zero-order valence-electron chi connectivity index (χ0n) is 11.5. The molecule has 2 aliphatic heterocycles. The Kier molecular flexibility index (Phi) is 2.73. The Morgan fingerprint density at radius 1 is 1.37 bits per heavy atom. The Balaban J connectivity index is 1.93.